The number of rotatable bonds is 5. The summed E-state index contributed by atoms with van der Waals surface area (Å²) < 4.78 is 10.7. The van der Waals surface area contributed by atoms with Crippen molar-refractivity contribution in [3.05, 3.63) is 59.4 Å². The standard InChI is InChI=1S/C18H16ClN5O2/c19-12-3-1-11(2-4-12)8-21-17-16(20)18(23-9-22-17)24-13-5-6-14-15(7-13)26-10-25-14/h1-7,9H,8,10,20H2,(H2,21,22,23,24). The van der Waals surface area contributed by atoms with E-state index in [9.17, 15) is 0 Å². The minimum atomic E-state index is 0.229. The Balaban J connectivity index is 1.49. The van der Waals surface area contributed by atoms with E-state index in [0.29, 0.717) is 34.6 Å². The zero-order valence-corrected chi connectivity index (χ0v) is 14.5. The van der Waals surface area contributed by atoms with Crippen LogP contribution in [-0.4, -0.2) is 16.8 Å². The van der Waals surface area contributed by atoms with Gasteiger partial charge in [-0.25, -0.2) is 9.97 Å². The van der Waals surface area contributed by atoms with Gasteiger partial charge in [0.15, 0.2) is 23.1 Å². The molecule has 0 bridgehead atoms. The summed E-state index contributed by atoms with van der Waals surface area (Å²) in [4.78, 5) is 8.43. The SMILES string of the molecule is Nc1c(NCc2ccc(Cl)cc2)ncnc1Nc1ccc2c(c1)OCO2. The molecule has 1 aromatic heterocycles. The van der Waals surface area contributed by atoms with Crippen molar-refractivity contribution < 1.29 is 9.47 Å². The van der Waals surface area contributed by atoms with Gasteiger partial charge >= 0.3 is 0 Å². The van der Waals surface area contributed by atoms with Gasteiger partial charge in [-0.05, 0) is 29.8 Å². The van der Waals surface area contributed by atoms with Crippen molar-refractivity contribution in [1.29, 1.82) is 0 Å². The van der Waals surface area contributed by atoms with E-state index >= 15 is 0 Å². The zero-order chi connectivity index (χ0) is 17.9. The lowest BCUT2D eigenvalue weighted by molar-refractivity contribution is 0.174. The second kappa shape index (κ2) is 6.97. The molecule has 132 valence electrons. The summed E-state index contributed by atoms with van der Waals surface area (Å²) >= 11 is 5.90. The fourth-order valence-electron chi connectivity index (χ4n) is 2.54. The first-order valence-electron chi connectivity index (χ1n) is 7.94. The summed E-state index contributed by atoms with van der Waals surface area (Å²) in [6.45, 7) is 0.801. The second-order valence-electron chi connectivity index (χ2n) is 5.66. The van der Waals surface area contributed by atoms with E-state index in [4.69, 9.17) is 26.8 Å². The van der Waals surface area contributed by atoms with Crippen molar-refractivity contribution >= 4 is 34.6 Å². The maximum atomic E-state index is 6.21. The van der Waals surface area contributed by atoms with E-state index in [-0.39, 0.29) is 6.79 Å². The molecule has 0 amide bonds. The molecule has 7 nitrogen and oxygen atoms in total. The molecule has 0 spiro atoms. The van der Waals surface area contributed by atoms with Crippen LogP contribution in [0.4, 0.5) is 23.0 Å². The topological polar surface area (TPSA) is 94.3 Å². The predicted molar refractivity (Wildman–Crippen MR) is 101 cm³/mol. The Kier molecular flexibility index (Phi) is 4.37. The second-order valence-corrected chi connectivity index (χ2v) is 6.09. The molecule has 0 atom stereocenters. The number of nitrogens with one attached hydrogen (secondary N) is 2. The Hall–Kier alpha value is -3.19. The molecule has 0 saturated carbocycles. The number of aromatic nitrogens is 2. The highest BCUT2D eigenvalue weighted by Gasteiger charge is 2.14. The molecular weight excluding hydrogens is 354 g/mol. The van der Waals surface area contributed by atoms with Crippen molar-refractivity contribution in [2.75, 3.05) is 23.2 Å². The average Bonchev–Trinajstić information content (AvgIpc) is 3.11. The molecule has 26 heavy (non-hydrogen) atoms. The van der Waals surface area contributed by atoms with Crippen LogP contribution in [0.1, 0.15) is 5.56 Å². The molecule has 8 heteroatoms. The lowest BCUT2D eigenvalue weighted by Crippen LogP contribution is -2.08. The number of anilines is 4. The molecule has 1 aliphatic rings. The summed E-state index contributed by atoms with van der Waals surface area (Å²) in [6, 6.07) is 13.1. The number of hydrogen-bond donors (Lipinski definition) is 3. The Morgan fingerprint density at radius 1 is 1.00 bits per heavy atom. The Bertz CT molecular complexity index is 933. The minimum Gasteiger partial charge on any atom is -0.454 e. The van der Waals surface area contributed by atoms with E-state index in [1.54, 1.807) is 0 Å². The molecule has 0 fully saturated rings. The van der Waals surface area contributed by atoms with Gasteiger partial charge in [0.2, 0.25) is 6.79 Å². The van der Waals surface area contributed by atoms with Crippen molar-refractivity contribution in [3.63, 3.8) is 0 Å². The van der Waals surface area contributed by atoms with Gasteiger partial charge in [0, 0.05) is 23.3 Å². The third-order valence-corrected chi connectivity index (χ3v) is 4.14. The van der Waals surface area contributed by atoms with Gasteiger partial charge in [-0.15, -0.1) is 0 Å². The summed E-state index contributed by atoms with van der Waals surface area (Å²) in [5, 5.41) is 7.09. The molecular formula is C18H16ClN5O2. The molecule has 0 saturated heterocycles. The van der Waals surface area contributed by atoms with Crippen molar-refractivity contribution in [1.82, 2.24) is 9.97 Å². The number of benzene rings is 2. The van der Waals surface area contributed by atoms with Crippen molar-refractivity contribution in [2.45, 2.75) is 6.54 Å². The van der Waals surface area contributed by atoms with Gasteiger partial charge in [0.05, 0.1) is 0 Å². The molecule has 1 aliphatic heterocycles. The first kappa shape index (κ1) is 16.3. The number of ether oxygens (including phenoxy) is 2. The highest BCUT2D eigenvalue weighted by Crippen LogP contribution is 2.36. The first-order chi connectivity index (χ1) is 12.7. The monoisotopic (exact) mass is 369 g/mol. The predicted octanol–water partition coefficient (Wildman–Crippen LogP) is 3.80. The van der Waals surface area contributed by atoms with Crippen LogP contribution >= 0.6 is 11.6 Å². The number of halogens is 1. The van der Waals surface area contributed by atoms with Crippen molar-refractivity contribution in [2.24, 2.45) is 0 Å². The molecule has 3 aromatic rings. The van der Waals surface area contributed by atoms with E-state index in [1.165, 1.54) is 6.33 Å². The number of nitrogens with zero attached hydrogens (tertiary/aromatic N) is 2. The molecule has 0 unspecified atom stereocenters. The fourth-order valence-corrected chi connectivity index (χ4v) is 2.66. The number of nitrogens with two attached hydrogens (primary N) is 1. The molecule has 0 radical (unpaired) electrons. The van der Waals surface area contributed by atoms with Gasteiger partial charge in [-0.1, -0.05) is 23.7 Å². The smallest absolute Gasteiger partial charge is 0.231 e. The quantitative estimate of drug-likeness (QED) is 0.629. The van der Waals surface area contributed by atoms with Crippen LogP contribution in [0.3, 0.4) is 0 Å². The Morgan fingerprint density at radius 2 is 1.77 bits per heavy atom. The molecule has 4 rings (SSSR count). The molecule has 2 heterocycles. The van der Waals surface area contributed by atoms with Crippen LogP contribution in [0, 0.1) is 0 Å². The summed E-state index contributed by atoms with van der Waals surface area (Å²) in [7, 11) is 0. The number of hydrogen-bond acceptors (Lipinski definition) is 7. The van der Waals surface area contributed by atoms with Crippen LogP contribution in [0.15, 0.2) is 48.8 Å². The van der Waals surface area contributed by atoms with Gasteiger partial charge < -0.3 is 25.8 Å². The summed E-state index contributed by atoms with van der Waals surface area (Å²) in [5.41, 5.74) is 8.50. The fraction of sp³-hybridized carbons (Fsp3) is 0.111. The van der Waals surface area contributed by atoms with Gasteiger partial charge in [-0.2, -0.15) is 0 Å². The minimum absolute atomic E-state index is 0.229. The van der Waals surface area contributed by atoms with E-state index in [2.05, 4.69) is 20.6 Å². The van der Waals surface area contributed by atoms with E-state index in [1.807, 2.05) is 42.5 Å². The normalized spacial score (nSPS) is 12.0. The van der Waals surface area contributed by atoms with Gasteiger partial charge in [0.1, 0.15) is 12.0 Å². The van der Waals surface area contributed by atoms with Crippen LogP contribution in [-0.2, 0) is 6.54 Å². The van der Waals surface area contributed by atoms with Gasteiger partial charge in [-0.3, -0.25) is 0 Å². The lowest BCUT2D eigenvalue weighted by atomic mass is 10.2. The zero-order valence-electron chi connectivity index (χ0n) is 13.7. The molecule has 2 aromatic carbocycles. The number of nitrogen functional groups attached to an aromatic ring is 1. The number of fused-ring (bicyclic) bond motifs is 1. The average molecular weight is 370 g/mol. The van der Waals surface area contributed by atoms with Crippen LogP contribution in [0.25, 0.3) is 0 Å². The van der Waals surface area contributed by atoms with E-state index < -0.39 is 0 Å². The lowest BCUT2D eigenvalue weighted by Gasteiger charge is -2.13. The Labute approximate surface area is 155 Å². The first-order valence-corrected chi connectivity index (χ1v) is 8.32. The van der Waals surface area contributed by atoms with Crippen LogP contribution < -0.4 is 25.8 Å². The van der Waals surface area contributed by atoms with Crippen LogP contribution in [0.5, 0.6) is 11.5 Å². The highest BCUT2D eigenvalue weighted by molar-refractivity contribution is 6.30. The third kappa shape index (κ3) is 3.43. The summed E-state index contributed by atoms with van der Waals surface area (Å²) in [6.07, 6.45) is 1.45. The maximum absolute atomic E-state index is 6.21. The molecule has 0 aliphatic carbocycles. The summed E-state index contributed by atoms with van der Waals surface area (Å²) in [5.74, 6) is 2.47. The van der Waals surface area contributed by atoms with E-state index in [0.717, 1.165) is 17.0 Å². The molecule has 4 N–H and O–H groups in total. The maximum Gasteiger partial charge on any atom is 0.231 e. The van der Waals surface area contributed by atoms with Gasteiger partial charge in [0.25, 0.3) is 0 Å². The van der Waals surface area contributed by atoms with Crippen molar-refractivity contribution in [3.8, 4) is 11.5 Å². The highest BCUT2D eigenvalue weighted by atomic mass is 35.5. The van der Waals surface area contributed by atoms with Crippen LogP contribution in [0.2, 0.25) is 5.02 Å². The Morgan fingerprint density at radius 3 is 2.62 bits per heavy atom. The largest absolute Gasteiger partial charge is 0.454 e. The third-order valence-electron chi connectivity index (χ3n) is 3.89.